The molecule has 2 aromatic carbocycles. The van der Waals surface area contributed by atoms with Gasteiger partial charge in [-0.1, -0.05) is 35.9 Å². The van der Waals surface area contributed by atoms with Crippen LogP contribution >= 0.6 is 23.5 Å². The van der Waals surface area contributed by atoms with Crippen LogP contribution in [-0.2, 0) is 22.8 Å². The third-order valence-corrected chi connectivity index (χ3v) is 5.99. The number of hydrogen-bond donors (Lipinski definition) is 2. The van der Waals surface area contributed by atoms with Crippen molar-refractivity contribution in [3.05, 3.63) is 57.8 Å². The number of nitrogens with two attached hydrogens (primary N) is 1. The maximum Gasteiger partial charge on any atom is 0.219 e. The van der Waals surface area contributed by atoms with Gasteiger partial charge in [-0.15, -0.1) is 0 Å². The number of halogens is 1. The molecular formula is C20H22ClN5O2S. The Balaban J connectivity index is 1.73. The van der Waals surface area contributed by atoms with E-state index >= 15 is 0 Å². The molecule has 4 rings (SSSR count). The number of nitrogens with zero attached hydrogens (tertiary/aromatic N) is 3. The summed E-state index contributed by atoms with van der Waals surface area (Å²) in [5.74, 6) is 0.937. The van der Waals surface area contributed by atoms with E-state index in [-0.39, 0.29) is 12.1 Å². The molecule has 0 aliphatic carbocycles. The van der Waals surface area contributed by atoms with Crippen LogP contribution in [-0.4, -0.2) is 29.5 Å². The van der Waals surface area contributed by atoms with Crippen LogP contribution in [0.25, 0.3) is 10.8 Å². The van der Waals surface area contributed by atoms with E-state index in [1.807, 2.05) is 29.4 Å². The average Bonchev–Trinajstić information content (AvgIpc) is 2.70. The predicted octanol–water partition coefficient (Wildman–Crippen LogP) is 3.88. The Morgan fingerprint density at radius 2 is 2.28 bits per heavy atom. The summed E-state index contributed by atoms with van der Waals surface area (Å²) in [7, 11) is 1.58. The predicted molar refractivity (Wildman–Crippen MR) is 119 cm³/mol. The van der Waals surface area contributed by atoms with Crippen molar-refractivity contribution < 1.29 is 9.57 Å². The van der Waals surface area contributed by atoms with Crippen molar-refractivity contribution in [3.8, 4) is 0 Å². The van der Waals surface area contributed by atoms with Gasteiger partial charge >= 0.3 is 0 Å². The molecule has 152 valence electrons. The van der Waals surface area contributed by atoms with Crippen LogP contribution in [0.5, 0.6) is 0 Å². The number of hydroxylamine groups is 1. The van der Waals surface area contributed by atoms with Gasteiger partial charge in [-0.05, 0) is 46.8 Å². The zero-order chi connectivity index (χ0) is 20.4. The van der Waals surface area contributed by atoms with Crippen LogP contribution in [0.3, 0.4) is 0 Å². The van der Waals surface area contributed by atoms with Gasteiger partial charge in [-0.3, -0.25) is 14.6 Å². The lowest BCUT2D eigenvalue weighted by molar-refractivity contribution is 0.103. The van der Waals surface area contributed by atoms with Crippen LogP contribution < -0.4 is 11.2 Å². The first-order valence-corrected chi connectivity index (χ1v) is 10.5. The maximum absolute atomic E-state index is 6.75. The molecular weight excluding hydrogens is 410 g/mol. The topological polar surface area (TPSA) is 84.5 Å². The Kier molecular flexibility index (Phi) is 5.96. The van der Waals surface area contributed by atoms with E-state index in [0.717, 1.165) is 27.8 Å². The van der Waals surface area contributed by atoms with E-state index in [9.17, 15) is 0 Å². The molecule has 0 bridgehead atoms. The molecule has 0 saturated carbocycles. The van der Waals surface area contributed by atoms with Crippen LogP contribution in [0.2, 0.25) is 5.02 Å². The van der Waals surface area contributed by atoms with Crippen molar-refractivity contribution in [1.29, 1.82) is 0 Å². The van der Waals surface area contributed by atoms with Crippen LogP contribution in [0, 0.1) is 0 Å². The highest BCUT2D eigenvalue weighted by Crippen LogP contribution is 2.42. The summed E-state index contributed by atoms with van der Waals surface area (Å²) in [6.45, 7) is 3.09. The normalized spacial score (nSPS) is 18.9. The molecule has 9 heteroatoms. The molecule has 2 aliphatic rings. The highest BCUT2D eigenvalue weighted by atomic mass is 35.5. The van der Waals surface area contributed by atoms with Crippen molar-refractivity contribution in [2.24, 2.45) is 15.7 Å². The fourth-order valence-corrected chi connectivity index (χ4v) is 4.78. The van der Waals surface area contributed by atoms with Gasteiger partial charge in [-0.25, -0.2) is 9.98 Å². The second-order valence-electron chi connectivity index (χ2n) is 6.72. The average molecular weight is 432 g/mol. The van der Waals surface area contributed by atoms with Crippen LogP contribution in [0.1, 0.15) is 29.8 Å². The molecule has 29 heavy (non-hydrogen) atoms. The molecule has 0 saturated heterocycles. The van der Waals surface area contributed by atoms with Gasteiger partial charge < -0.3 is 10.5 Å². The summed E-state index contributed by atoms with van der Waals surface area (Å²) in [4.78, 5) is 13.7. The van der Waals surface area contributed by atoms with Gasteiger partial charge in [0, 0.05) is 22.0 Å². The molecule has 0 spiro atoms. The Labute approximate surface area is 178 Å². The summed E-state index contributed by atoms with van der Waals surface area (Å²) >= 11 is 8.32. The Bertz CT molecular complexity index is 1020. The lowest BCUT2D eigenvalue weighted by Crippen LogP contribution is -2.28. The quantitative estimate of drug-likeness (QED) is 0.533. The summed E-state index contributed by atoms with van der Waals surface area (Å²) in [6, 6.07) is 8.18. The van der Waals surface area contributed by atoms with Gasteiger partial charge in [0.2, 0.25) is 5.96 Å². The molecule has 2 aliphatic heterocycles. The van der Waals surface area contributed by atoms with Crippen molar-refractivity contribution >= 4 is 46.6 Å². The number of hydrogen-bond acceptors (Lipinski definition) is 8. The molecule has 3 N–H and O–H groups in total. The second-order valence-corrected chi connectivity index (χ2v) is 8.14. The molecule has 1 unspecified atom stereocenters. The lowest BCUT2D eigenvalue weighted by atomic mass is 9.93. The second kappa shape index (κ2) is 8.62. The largest absolute Gasteiger partial charge is 0.372 e. The lowest BCUT2D eigenvalue weighted by Gasteiger charge is -2.30. The highest BCUT2D eigenvalue weighted by molar-refractivity contribution is 7.97. The van der Waals surface area contributed by atoms with E-state index in [1.54, 1.807) is 25.4 Å². The van der Waals surface area contributed by atoms with E-state index in [2.05, 4.69) is 27.6 Å². The molecule has 0 aromatic heterocycles. The van der Waals surface area contributed by atoms with Crippen molar-refractivity contribution in [3.63, 3.8) is 0 Å². The monoisotopic (exact) mass is 431 g/mol. The van der Waals surface area contributed by atoms with E-state index in [1.165, 1.54) is 5.39 Å². The fourth-order valence-electron chi connectivity index (χ4n) is 3.54. The SMILES string of the molecule is CONC(C)=CCSN1C=NC(N)=NC1c1c(Cl)cc2c3c(cccc13)COC2. The number of nitrogens with one attached hydrogen (secondary N) is 1. The first-order chi connectivity index (χ1) is 14.1. The Morgan fingerprint density at radius 1 is 1.45 bits per heavy atom. The smallest absolute Gasteiger partial charge is 0.219 e. The maximum atomic E-state index is 6.75. The Hall–Kier alpha value is -2.26. The summed E-state index contributed by atoms with van der Waals surface area (Å²) in [5, 5.41) is 2.91. The van der Waals surface area contributed by atoms with Gasteiger partial charge in [0.15, 0.2) is 6.17 Å². The first kappa shape index (κ1) is 20.0. The van der Waals surface area contributed by atoms with Gasteiger partial charge in [-0.2, -0.15) is 0 Å². The number of benzene rings is 2. The van der Waals surface area contributed by atoms with Crippen molar-refractivity contribution in [1.82, 2.24) is 9.79 Å². The standard InChI is InChI=1S/C20H22ClN5O2S/c1-12(25-27-2)6-7-29-26-11-23-20(22)24-19(26)18-15-5-3-4-13-9-28-10-14(17(13)15)8-16(18)21/h3-6,8,11,19,25H,7,9-10H2,1-2H3,(H2,22,24). The van der Waals surface area contributed by atoms with Crippen molar-refractivity contribution in [2.75, 3.05) is 12.9 Å². The minimum Gasteiger partial charge on any atom is -0.372 e. The zero-order valence-electron chi connectivity index (χ0n) is 16.2. The molecule has 2 heterocycles. The van der Waals surface area contributed by atoms with Gasteiger partial charge in [0.05, 0.1) is 20.3 Å². The van der Waals surface area contributed by atoms with Crippen LogP contribution in [0.15, 0.2) is 46.0 Å². The van der Waals surface area contributed by atoms with Gasteiger partial charge in [0.25, 0.3) is 0 Å². The van der Waals surface area contributed by atoms with Gasteiger partial charge in [0.1, 0.15) is 6.34 Å². The number of guanidine groups is 1. The number of allylic oxidation sites excluding steroid dienone is 1. The number of aliphatic imine (C=N–C) groups is 2. The third-order valence-electron chi connectivity index (χ3n) is 4.77. The van der Waals surface area contributed by atoms with E-state index in [4.69, 9.17) is 26.9 Å². The molecule has 0 radical (unpaired) electrons. The van der Waals surface area contributed by atoms with E-state index < -0.39 is 0 Å². The fraction of sp³-hybridized carbons (Fsp3) is 0.300. The zero-order valence-corrected chi connectivity index (χ0v) is 17.8. The molecule has 0 fully saturated rings. The van der Waals surface area contributed by atoms with Crippen molar-refractivity contribution in [2.45, 2.75) is 26.3 Å². The van der Waals surface area contributed by atoms with Crippen LogP contribution in [0.4, 0.5) is 0 Å². The highest BCUT2D eigenvalue weighted by Gasteiger charge is 2.28. The molecule has 7 nitrogen and oxygen atoms in total. The van der Waals surface area contributed by atoms with E-state index in [0.29, 0.717) is 24.0 Å². The molecule has 1 atom stereocenters. The minimum atomic E-state index is -0.374. The molecule has 2 aromatic rings. The Morgan fingerprint density at radius 3 is 3.10 bits per heavy atom. The first-order valence-electron chi connectivity index (χ1n) is 9.13. The molecule has 0 amide bonds. The number of ether oxygens (including phenoxy) is 1. The third kappa shape index (κ3) is 4.06. The minimum absolute atomic E-state index is 0.236. The summed E-state index contributed by atoms with van der Waals surface area (Å²) in [5.41, 5.74) is 12.9. The summed E-state index contributed by atoms with van der Waals surface area (Å²) in [6.07, 6.45) is 3.36. The number of rotatable bonds is 6. The summed E-state index contributed by atoms with van der Waals surface area (Å²) < 4.78 is 7.67.